The summed E-state index contributed by atoms with van der Waals surface area (Å²) in [5.41, 5.74) is 2.51. The molecule has 0 radical (unpaired) electrons. The van der Waals surface area contributed by atoms with Crippen LogP contribution < -0.4 is 14.8 Å². The maximum absolute atomic E-state index is 13.5. The molecule has 9 heteroatoms. The number of anilines is 1. The highest BCUT2D eigenvalue weighted by Crippen LogP contribution is 2.30. The standard InChI is InChI=1S/C23H27N3O5S/c1-30-17-7-8-22(31-2)20(14-17)25-23(27)21(26-9-11-32(28,29)12-10-26)13-16-15-24-19-6-4-3-5-18(16)19/h3-8,14-15,21,24H,9-13H2,1-2H3,(H,25,27)/t21-/m0/s1. The van der Waals surface area contributed by atoms with Gasteiger partial charge in [0, 0.05) is 36.3 Å². The van der Waals surface area contributed by atoms with Crippen molar-refractivity contribution in [3.05, 3.63) is 54.2 Å². The molecule has 1 aliphatic rings. The molecule has 0 aliphatic carbocycles. The fourth-order valence-electron chi connectivity index (χ4n) is 4.06. The first-order valence-electron chi connectivity index (χ1n) is 10.4. The maximum Gasteiger partial charge on any atom is 0.242 e. The lowest BCUT2D eigenvalue weighted by atomic mass is 10.0. The number of H-pyrrole nitrogens is 1. The Morgan fingerprint density at radius 1 is 1.12 bits per heavy atom. The fraction of sp³-hybridized carbons (Fsp3) is 0.348. The predicted octanol–water partition coefficient (Wildman–Crippen LogP) is 2.47. The molecular weight excluding hydrogens is 430 g/mol. The summed E-state index contributed by atoms with van der Waals surface area (Å²) in [4.78, 5) is 18.7. The van der Waals surface area contributed by atoms with E-state index < -0.39 is 15.9 Å². The van der Waals surface area contributed by atoms with Crippen LogP contribution in [0.1, 0.15) is 5.56 Å². The smallest absolute Gasteiger partial charge is 0.242 e. The molecule has 3 aromatic rings. The molecule has 1 atom stereocenters. The highest BCUT2D eigenvalue weighted by atomic mass is 32.2. The molecule has 1 fully saturated rings. The van der Waals surface area contributed by atoms with Gasteiger partial charge in [0.25, 0.3) is 0 Å². The van der Waals surface area contributed by atoms with Crippen LogP contribution in [0.5, 0.6) is 11.5 Å². The number of methoxy groups -OCH3 is 2. The number of amides is 1. The molecule has 1 amide bonds. The van der Waals surface area contributed by atoms with Gasteiger partial charge in [-0.3, -0.25) is 9.69 Å². The van der Waals surface area contributed by atoms with Crippen LogP contribution >= 0.6 is 0 Å². The number of sulfone groups is 1. The van der Waals surface area contributed by atoms with E-state index in [1.807, 2.05) is 35.4 Å². The second kappa shape index (κ2) is 9.22. The van der Waals surface area contributed by atoms with Crippen molar-refractivity contribution in [3.8, 4) is 11.5 Å². The first-order chi connectivity index (χ1) is 15.4. The highest BCUT2D eigenvalue weighted by Gasteiger charge is 2.32. The van der Waals surface area contributed by atoms with Gasteiger partial charge in [0.1, 0.15) is 11.5 Å². The molecule has 4 rings (SSSR count). The van der Waals surface area contributed by atoms with Gasteiger partial charge in [0.15, 0.2) is 9.84 Å². The lowest BCUT2D eigenvalue weighted by Crippen LogP contribution is -2.51. The van der Waals surface area contributed by atoms with Crippen molar-refractivity contribution in [1.82, 2.24) is 9.88 Å². The summed E-state index contributed by atoms with van der Waals surface area (Å²) in [7, 11) is 0.0288. The molecule has 1 saturated heterocycles. The van der Waals surface area contributed by atoms with Gasteiger partial charge in [-0.1, -0.05) is 18.2 Å². The molecule has 2 aromatic carbocycles. The van der Waals surface area contributed by atoms with Crippen molar-refractivity contribution in [2.45, 2.75) is 12.5 Å². The van der Waals surface area contributed by atoms with E-state index in [2.05, 4.69) is 10.3 Å². The van der Waals surface area contributed by atoms with Gasteiger partial charge in [0.2, 0.25) is 5.91 Å². The Balaban J connectivity index is 1.63. The minimum absolute atomic E-state index is 0.0488. The molecule has 1 aromatic heterocycles. The van der Waals surface area contributed by atoms with Gasteiger partial charge in [-0.15, -0.1) is 0 Å². The molecule has 0 spiro atoms. The van der Waals surface area contributed by atoms with Crippen molar-refractivity contribution in [3.63, 3.8) is 0 Å². The monoisotopic (exact) mass is 457 g/mol. The van der Waals surface area contributed by atoms with Gasteiger partial charge in [-0.2, -0.15) is 0 Å². The average Bonchev–Trinajstić information content (AvgIpc) is 3.20. The number of carbonyl (C=O) groups is 1. The summed E-state index contributed by atoms with van der Waals surface area (Å²) in [6.07, 6.45) is 2.36. The number of hydrogen-bond donors (Lipinski definition) is 2. The van der Waals surface area contributed by atoms with Gasteiger partial charge in [-0.25, -0.2) is 8.42 Å². The number of ether oxygens (including phenoxy) is 2. The van der Waals surface area contributed by atoms with Crippen molar-refractivity contribution in [1.29, 1.82) is 0 Å². The zero-order valence-corrected chi connectivity index (χ0v) is 18.9. The summed E-state index contributed by atoms with van der Waals surface area (Å²) < 4.78 is 34.6. The van der Waals surface area contributed by atoms with Crippen LogP contribution in [-0.2, 0) is 21.1 Å². The zero-order valence-electron chi connectivity index (χ0n) is 18.1. The number of aromatic nitrogens is 1. The average molecular weight is 458 g/mol. The maximum atomic E-state index is 13.5. The van der Waals surface area contributed by atoms with E-state index in [1.165, 1.54) is 7.11 Å². The molecule has 32 heavy (non-hydrogen) atoms. The lowest BCUT2D eigenvalue weighted by molar-refractivity contribution is -0.121. The first kappa shape index (κ1) is 22.2. The highest BCUT2D eigenvalue weighted by molar-refractivity contribution is 7.91. The number of rotatable bonds is 7. The Labute approximate surface area is 187 Å². The van der Waals surface area contributed by atoms with Crippen LogP contribution in [-0.4, -0.2) is 69.1 Å². The van der Waals surface area contributed by atoms with E-state index >= 15 is 0 Å². The van der Waals surface area contributed by atoms with Crippen LogP contribution in [0.4, 0.5) is 5.69 Å². The molecule has 170 valence electrons. The van der Waals surface area contributed by atoms with Crippen molar-refractivity contribution in [2.24, 2.45) is 0 Å². The summed E-state index contributed by atoms with van der Waals surface area (Å²) in [5, 5.41) is 4.02. The van der Waals surface area contributed by atoms with E-state index in [1.54, 1.807) is 25.3 Å². The van der Waals surface area contributed by atoms with E-state index in [-0.39, 0.29) is 17.4 Å². The molecule has 8 nitrogen and oxygen atoms in total. The quantitative estimate of drug-likeness (QED) is 0.565. The van der Waals surface area contributed by atoms with E-state index in [0.717, 1.165) is 16.5 Å². The number of hydrogen-bond acceptors (Lipinski definition) is 6. The van der Waals surface area contributed by atoms with Crippen LogP contribution in [0.3, 0.4) is 0 Å². The first-order valence-corrected chi connectivity index (χ1v) is 12.2. The van der Waals surface area contributed by atoms with Gasteiger partial charge >= 0.3 is 0 Å². The third-order valence-corrected chi connectivity index (χ3v) is 7.48. The Morgan fingerprint density at radius 2 is 1.88 bits per heavy atom. The van der Waals surface area contributed by atoms with Crippen LogP contribution in [0, 0.1) is 0 Å². The number of carbonyl (C=O) groups excluding carboxylic acids is 1. The van der Waals surface area contributed by atoms with Gasteiger partial charge < -0.3 is 19.8 Å². The number of aromatic amines is 1. The Kier molecular flexibility index (Phi) is 6.38. The molecule has 2 N–H and O–H groups in total. The van der Waals surface area contributed by atoms with Crippen LogP contribution in [0.2, 0.25) is 0 Å². The summed E-state index contributed by atoms with van der Waals surface area (Å²) >= 11 is 0. The second-order valence-electron chi connectivity index (χ2n) is 7.82. The van der Waals surface area contributed by atoms with E-state index in [4.69, 9.17) is 9.47 Å². The fourth-order valence-corrected chi connectivity index (χ4v) is 5.29. The lowest BCUT2D eigenvalue weighted by Gasteiger charge is -2.33. The Morgan fingerprint density at radius 3 is 2.59 bits per heavy atom. The molecular formula is C23H27N3O5S. The largest absolute Gasteiger partial charge is 0.497 e. The number of nitrogens with one attached hydrogen (secondary N) is 2. The minimum atomic E-state index is -3.07. The van der Waals surface area contributed by atoms with Crippen molar-refractivity contribution in [2.75, 3.05) is 44.1 Å². The van der Waals surface area contributed by atoms with Crippen LogP contribution in [0.15, 0.2) is 48.7 Å². The zero-order chi connectivity index (χ0) is 22.7. The van der Waals surface area contributed by atoms with Crippen molar-refractivity contribution < 1.29 is 22.7 Å². The Bertz CT molecular complexity index is 1210. The Hall–Kier alpha value is -3.04. The third-order valence-electron chi connectivity index (χ3n) is 5.88. The van der Waals surface area contributed by atoms with Gasteiger partial charge in [-0.05, 0) is 30.2 Å². The summed E-state index contributed by atoms with van der Waals surface area (Å²) in [5.74, 6) is 0.992. The number of nitrogens with zero attached hydrogens (tertiary/aromatic N) is 1. The predicted molar refractivity (Wildman–Crippen MR) is 124 cm³/mol. The number of benzene rings is 2. The molecule has 0 bridgehead atoms. The molecule has 1 aliphatic heterocycles. The van der Waals surface area contributed by atoms with Gasteiger partial charge in [0.05, 0.1) is 37.5 Å². The number of para-hydroxylation sites is 1. The topological polar surface area (TPSA) is 101 Å². The third kappa shape index (κ3) is 4.73. The second-order valence-corrected chi connectivity index (χ2v) is 10.1. The minimum Gasteiger partial charge on any atom is -0.497 e. The SMILES string of the molecule is COc1ccc(OC)c(NC(=O)[C@H](Cc2c[nH]c3ccccc23)N2CCS(=O)(=O)CC2)c1. The molecule has 0 saturated carbocycles. The molecule has 0 unspecified atom stereocenters. The number of fused-ring (bicyclic) bond motifs is 1. The van der Waals surface area contributed by atoms with Crippen LogP contribution in [0.25, 0.3) is 10.9 Å². The normalized spacial score (nSPS) is 17.1. The summed E-state index contributed by atoms with van der Waals surface area (Å²) in [6.45, 7) is 0.635. The van der Waals surface area contributed by atoms with Crippen molar-refractivity contribution >= 4 is 32.3 Å². The van der Waals surface area contributed by atoms with E-state index in [0.29, 0.717) is 36.7 Å². The molecule has 2 heterocycles. The summed E-state index contributed by atoms with van der Waals surface area (Å²) in [6, 6.07) is 12.6. The van der Waals surface area contributed by atoms with E-state index in [9.17, 15) is 13.2 Å².